The summed E-state index contributed by atoms with van der Waals surface area (Å²) in [7, 11) is 0. The van der Waals surface area contributed by atoms with E-state index in [2.05, 4.69) is 256 Å². The highest BCUT2D eigenvalue weighted by molar-refractivity contribution is 5.99. The van der Waals surface area contributed by atoms with E-state index in [4.69, 9.17) is 0 Å². The predicted molar refractivity (Wildman–Crippen MR) is 261 cm³/mol. The van der Waals surface area contributed by atoms with Crippen LogP contribution >= 0.6 is 0 Å². The Bertz CT molecular complexity index is 3100. The molecule has 1 aliphatic rings. The van der Waals surface area contributed by atoms with Crippen molar-refractivity contribution in [1.82, 2.24) is 0 Å². The number of rotatable bonds is 8. The Morgan fingerprint density at radius 3 is 1.19 bits per heavy atom. The minimum absolute atomic E-state index is 0.629. The van der Waals surface area contributed by atoms with Crippen LogP contribution in [0.3, 0.4) is 0 Å². The molecule has 0 radical (unpaired) electrons. The number of fused-ring (bicyclic) bond motifs is 3. The van der Waals surface area contributed by atoms with Gasteiger partial charge < -0.3 is 0 Å². The lowest BCUT2D eigenvalue weighted by Gasteiger charge is -2.35. The molecule has 0 saturated carbocycles. The van der Waals surface area contributed by atoms with Crippen molar-refractivity contribution in [2.24, 2.45) is 0 Å². The summed E-state index contributed by atoms with van der Waals surface area (Å²) in [5, 5.41) is 0. The second-order valence-electron chi connectivity index (χ2n) is 16.5. The number of aryl methyl sites for hydroxylation is 1. The number of benzene rings is 10. The lowest BCUT2D eigenvalue weighted by atomic mass is 9.66. The predicted octanol–water partition coefficient (Wildman–Crippen LogP) is 16.4. The number of hydrogen-bond donors (Lipinski definition) is 0. The molecule has 1 aliphatic carbocycles. The van der Waals surface area contributed by atoms with E-state index in [1.807, 2.05) is 0 Å². The quantitative estimate of drug-likeness (QED) is 0.144. The van der Waals surface area contributed by atoms with Crippen LogP contribution in [0.2, 0.25) is 0 Å². The molecule has 0 aliphatic heterocycles. The molecule has 0 nitrogen and oxygen atoms in total. The number of hydrogen-bond acceptors (Lipinski definition) is 0. The zero-order chi connectivity index (χ0) is 41.5. The second-order valence-corrected chi connectivity index (χ2v) is 16.5. The third kappa shape index (κ3) is 6.40. The molecule has 0 atom stereocenters. The van der Waals surface area contributed by atoms with Crippen molar-refractivity contribution in [3.8, 4) is 77.9 Å². The van der Waals surface area contributed by atoms with E-state index in [1.54, 1.807) is 0 Å². The van der Waals surface area contributed by atoms with Gasteiger partial charge in [0.15, 0.2) is 0 Å². The Hall–Kier alpha value is -7.80. The molecule has 0 bridgehead atoms. The van der Waals surface area contributed by atoms with Gasteiger partial charge in [0, 0.05) is 0 Å². The largest absolute Gasteiger partial charge is 0.0714 e. The van der Waals surface area contributed by atoms with Gasteiger partial charge in [-0.05, 0) is 131 Å². The van der Waals surface area contributed by atoms with Crippen LogP contribution in [0.15, 0.2) is 249 Å². The fourth-order valence-corrected chi connectivity index (χ4v) is 9.97. The molecular weight excluding hydrogens is 745 g/mol. The first-order chi connectivity index (χ1) is 30.6. The topological polar surface area (TPSA) is 0 Å². The van der Waals surface area contributed by atoms with Crippen molar-refractivity contribution < 1.29 is 0 Å². The van der Waals surface area contributed by atoms with Crippen LogP contribution in [0.4, 0.5) is 0 Å². The second kappa shape index (κ2) is 15.7. The van der Waals surface area contributed by atoms with Crippen LogP contribution in [-0.4, -0.2) is 0 Å². The van der Waals surface area contributed by atoms with Gasteiger partial charge in [-0.1, -0.05) is 230 Å². The maximum absolute atomic E-state index is 2.45. The van der Waals surface area contributed by atoms with Crippen LogP contribution in [0.1, 0.15) is 27.8 Å². The minimum atomic E-state index is -0.629. The summed E-state index contributed by atoms with van der Waals surface area (Å²) in [5.74, 6) is 0. The lowest BCUT2D eigenvalue weighted by Crippen LogP contribution is -2.28. The fourth-order valence-electron chi connectivity index (χ4n) is 9.97. The van der Waals surface area contributed by atoms with Crippen molar-refractivity contribution in [3.05, 3.63) is 277 Å². The van der Waals surface area contributed by atoms with Gasteiger partial charge in [-0.25, -0.2) is 0 Å². The van der Waals surface area contributed by atoms with E-state index in [-0.39, 0.29) is 0 Å². The average molecular weight is 789 g/mol. The van der Waals surface area contributed by atoms with Crippen LogP contribution in [-0.2, 0) is 5.41 Å². The Balaban J connectivity index is 1.18. The van der Waals surface area contributed by atoms with Crippen molar-refractivity contribution in [1.29, 1.82) is 0 Å². The SMILES string of the molecule is Cc1ccc2c(c1)-c1c(-c3ccccc3-c3ccccc3)cccc1C2(c1cccc(-c2cccc(-c3ccccc3)c2)c1)c1cccc(-c2cccc(-c3ccccc3)c2)c1. The van der Waals surface area contributed by atoms with Gasteiger partial charge >= 0.3 is 0 Å². The average Bonchev–Trinajstić information content (AvgIpc) is 3.65. The van der Waals surface area contributed by atoms with E-state index in [0.29, 0.717) is 0 Å². The smallest absolute Gasteiger partial charge is 0.0622 e. The van der Waals surface area contributed by atoms with Crippen molar-refractivity contribution in [3.63, 3.8) is 0 Å². The van der Waals surface area contributed by atoms with E-state index in [9.17, 15) is 0 Å². The molecule has 0 amide bonds. The first kappa shape index (κ1) is 37.2. The van der Waals surface area contributed by atoms with Gasteiger partial charge in [-0.2, -0.15) is 0 Å². The summed E-state index contributed by atoms with van der Waals surface area (Å²) in [6.07, 6.45) is 0. The van der Waals surface area contributed by atoms with Crippen LogP contribution in [0.25, 0.3) is 77.9 Å². The molecule has 62 heavy (non-hydrogen) atoms. The van der Waals surface area contributed by atoms with Crippen LogP contribution in [0.5, 0.6) is 0 Å². The van der Waals surface area contributed by atoms with E-state index >= 15 is 0 Å². The molecule has 0 spiro atoms. The van der Waals surface area contributed by atoms with Crippen molar-refractivity contribution in [2.45, 2.75) is 12.3 Å². The molecule has 0 unspecified atom stereocenters. The van der Waals surface area contributed by atoms with Gasteiger partial charge in [0.05, 0.1) is 5.41 Å². The highest BCUT2D eigenvalue weighted by Crippen LogP contribution is 2.59. The normalized spacial score (nSPS) is 12.4. The van der Waals surface area contributed by atoms with Gasteiger partial charge in [-0.15, -0.1) is 0 Å². The Morgan fingerprint density at radius 1 is 0.242 bits per heavy atom. The third-order valence-corrected chi connectivity index (χ3v) is 12.8. The summed E-state index contributed by atoms with van der Waals surface area (Å²) < 4.78 is 0. The van der Waals surface area contributed by atoms with Crippen molar-refractivity contribution >= 4 is 0 Å². The minimum Gasteiger partial charge on any atom is -0.0622 e. The molecule has 292 valence electrons. The first-order valence-electron chi connectivity index (χ1n) is 21.6. The van der Waals surface area contributed by atoms with Crippen LogP contribution < -0.4 is 0 Å². The monoisotopic (exact) mass is 788 g/mol. The Labute approximate surface area is 365 Å². The van der Waals surface area contributed by atoms with Gasteiger partial charge in [0.2, 0.25) is 0 Å². The summed E-state index contributed by atoms with van der Waals surface area (Å²) >= 11 is 0. The molecule has 0 heteroatoms. The highest BCUT2D eigenvalue weighted by Gasteiger charge is 2.47. The summed E-state index contributed by atoms with van der Waals surface area (Å²) in [4.78, 5) is 0. The summed E-state index contributed by atoms with van der Waals surface area (Å²) in [6, 6.07) is 91.9. The standard InChI is InChI=1S/C62H44/c1-43-36-37-59-58(38-43)61-57(56-33-12-11-32-55(56)46-22-9-4-10-23-46)34-17-35-60(61)62(59,53-30-15-28-51(41-53)49-26-13-24-47(39-49)44-18-5-2-6-19-44)54-31-16-29-52(42-54)50-27-14-25-48(40-50)45-20-7-3-8-21-45/h2-42H,1H3. The summed E-state index contributed by atoms with van der Waals surface area (Å²) in [5.41, 5.74) is 22.8. The zero-order valence-corrected chi connectivity index (χ0v) is 34.7. The molecule has 10 aromatic rings. The van der Waals surface area contributed by atoms with E-state index in [0.717, 1.165) is 0 Å². The maximum atomic E-state index is 2.45. The first-order valence-corrected chi connectivity index (χ1v) is 21.6. The Kier molecular flexibility index (Phi) is 9.40. The lowest BCUT2D eigenvalue weighted by molar-refractivity contribution is 0.769. The molecule has 0 saturated heterocycles. The highest BCUT2D eigenvalue weighted by atomic mass is 14.5. The van der Waals surface area contributed by atoms with Gasteiger partial charge in [0.25, 0.3) is 0 Å². The Morgan fingerprint density at radius 2 is 0.645 bits per heavy atom. The van der Waals surface area contributed by atoms with Gasteiger partial charge in [0.1, 0.15) is 0 Å². The van der Waals surface area contributed by atoms with Crippen molar-refractivity contribution in [2.75, 3.05) is 0 Å². The molecule has 0 aromatic heterocycles. The molecule has 0 heterocycles. The molecule has 0 N–H and O–H groups in total. The fraction of sp³-hybridized carbons (Fsp3) is 0.0323. The molecular formula is C62H44. The molecule has 0 fully saturated rings. The van der Waals surface area contributed by atoms with E-state index in [1.165, 1.54) is 106 Å². The molecule has 11 rings (SSSR count). The zero-order valence-electron chi connectivity index (χ0n) is 34.7. The van der Waals surface area contributed by atoms with E-state index < -0.39 is 5.41 Å². The van der Waals surface area contributed by atoms with Gasteiger partial charge in [-0.3, -0.25) is 0 Å². The molecule has 10 aromatic carbocycles. The summed E-state index contributed by atoms with van der Waals surface area (Å²) in [6.45, 7) is 2.22. The maximum Gasteiger partial charge on any atom is 0.0714 e. The third-order valence-electron chi connectivity index (χ3n) is 12.8. The van der Waals surface area contributed by atoms with Crippen LogP contribution in [0, 0.1) is 6.92 Å².